The summed E-state index contributed by atoms with van der Waals surface area (Å²) < 4.78 is 112. The lowest BCUT2D eigenvalue weighted by molar-refractivity contribution is -0.144. The van der Waals surface area contributed by atoms with E-state index < -0.39 is 46.0 Å². The summed E-state index contributed by atoms with van der Waals surface area (Å²) in [5.41, 5.74) is -7.39. The number of benzene rings is 1. The second-order valence-electron chi connectivity index (χ2n) is 3.67. The molecule has 0 saturated heterocycles. The van der Waals surface area contributed by atoms with Crippen LogP contribution in [-0.4, -0.2) is 12.0 Å². The monoisotopic (exact) mass is 344 g/mol. The lowest BCUT2D eigenvalue weighted by atomic mass is 9.96. The summed E-state index contributed by atoms with van der Waals surface area (Å²) in [5, 5.41) is -1.44. The summed E-state index contributed by atoms with van der Waals surface area (Å²) in [6.45, 7) is 0. The second-order valence-corrected chi connectivity index (χ2v) is 4.07. The Bertz CT molecular complexity index is 568. The zero-order chi connectivity index (χ0) is 16.8. The van der Waals surface area contributed by atoms with E-state index in [9.17, 15) is 44.3 Å². The highest BCUT2D eigenvalue weighted by Gasteiger charge is 2.50. The fourth-order valence-electron chi connectivity index (χ4n) is 1.47. The maximum atomic E-state index is 12.7. The van der Waals surface area contributed by atoms with Gasteiger partial charge in [-0.05, 0) is 12.1 Å². The van der Waals surface area contributed by atoms with Crippen LogP contribution in [0.3, 0.4) is 0 Å². The largest absolute Gasteiger partial charge is 0.454 e. The van der Waals surface area contributed by atoms with Gasteiger partial charge >= 0.3 is 18.5 Å². The molecule has 0 unspecified atom stereocenters. The lowest BCUT2D eigenvalue weighted by Crippen LogP contribution is -2.29. The van der Waals surface area contributed by atoms with E-state index in [4.69, 9.17) is 11.6 Å². The van der Waals surface area contributed by atoms with Crippen LogP contribution in [0.5, 0.6) is 0 Å². The van der Waals surface area contributed by atoms with Gasteiger partial charge in [0.25, 0.3) is 5.78 Å². The highest BCUT2D eigenvalue weighted by atomic mass is 35.5. The number of ketones is 1. The molecule has 0 amide bonds. The third-order valence-electron chi connectivity index (χ3n) is 2.23. The first-order chi connectivity index (χ1) is 9.17. The highest BCUT2D eigenvalue weighted by Crippen LogP contribution is 2.44. The number of carbonyl (C=O) groups excluding carboxylic acids is 1. The molecule has 1 nitrogen and oxygen atoms in total. The van der Waals surface area contributed by atoms with Crippen LogP contribution < -0.4 is 0 Å². The standard InChI is InChI=1S/C10H2ClF9O/c11-4-2-1-3(8(12,13)14)5(6(4)9(15,16)17)7(21)10(18,19)20/h1-2H. The minimum Gasteiger partial charge on any atom is -0.284 e. The zero-order valence-electron chi connectivity index (χ0n) is 9.34. The molecule has 21 heavy (non-hydrogen) atoms. The van der Waals surface area contributed by atoms with E-state index in [0.29, 0.717) is 0 Å². The van der Waals surface area contributed by atoms with Crippen LogP contribution in [-0.2, 0) is 12.4 Å². The molecule has 0 heterocycles. The van der Waals surface area contributed by atoms with E-state index >= 15 is 0 Å². The predicted molar refractivity (Wildman–Crippen MR) is 51.8 cm³/mol. The topological polar surface area (TPSA) is 17.1 Å². The SMILES string of the molecule is O=C(c1c(C(F)(F)F)ccc(Cl)c1C(F)(F)F)C(F)(F)F. The number of hydrogen-bond donors (Lipinski definition) is 0. The number of halogens is 10. The molecule has 1 rings (SSSR count). The molecule has 0 N–H and O–H groups in total. The van der Waals surface area contributed by atoms with E-state index in [-0.39, 0.29) is 12.1 Å². The first-order valence-electron chi connectivity index (χ1n) is 4.75. The molecule has 0 aliphatic heterocycles. The minimum atomic E-state index is -5.93. The van der Waals surface area contributed by atoms with Crippen LogP contribution in [0.2, 0.25) is 5.02 Å². The van der Waals surface area contributed by atoms with Gasteiger partial charge < -0.3 is 0 Å². The average molecular weight is 345 g/mol. The van der Waals surface area contributed by atoms with Gasteiger partial charge in [0.05, 0.1) is 21.7 Å². The molecule has 0 aliphatic rings. The molecule has 0 bridgehead atoms. The van der Waals surface area contributed by atoms with Gasteiger partial charge in [0, 0.05) is 0 Å². The van der Waals surface area contributed by atoms with Crippen LogP contribution >= 0.6 is 11.6 Å². The number of rotatable bonds is 1. The van der Waals surface area contributed by atoms with E-state index in [1.165, 1.54) is 0 Å². The van der Waals surface area contributed by atoms with Crippen LogP contribution in [0.15, 0.2) is 12.1 Å². The molecule has 0 aliphatic carbocycles. The molecule has 0 atom stereocenters. The molecule has 1 aromatic rings. The molecular formula is C10H2ClF9O. The molecular weight excluding hydrogens is 343 g/mol. The smallest absolute Gasteiger partial charge is 0.284 e. The third kappa shape index (κ3) is 3.60. The third-order valence-corrected chi connectivity index (χ3v) is 2.54. The molecule has 1 aromatic carbocycles. The van der Waals surface area contributed by atoms with Crippen LogP contribution in [0.1, 0.15) is 21.5 Å². The first-order valence-corrected chi connectivity index (χ1v) is 5.13. The molecule has 0 fully saturated rings. The van der Waals surface area contributed by atoms with Gasteiger partial charge in [0.15, 0.2) is 0 Å². The van der Waals surface area contributed by atoms with Crippen molar-refractivity contribution in [3.63, 3.8) is 0 Å². The Balaban J connectivity index is 3.86. The number of Topliss-reactive ketones (excluding diaryl/α,β-unsaturated/α-hetero) is 1. The Labute approximate surface area is 115 Å². The van der Waals surface area contributed by atoms with E-state index in [0.717, 1.165) is 0 Å². The van der Waals surface area contributed by atoms with Crippen molar-refractivity contribution < 1.29 is 44.3 Å². The summed E-state index contributed by atoms with van der Waals surface area (Å²) in [5.74, 6) is -3.27. The Morgan fingerprint density at radius 1 is 0.857 bits per heavy atom. The van der Waals surface area contributed by atoms with Crippen molar-refractivity contribution in [2.75, 3.05) is 0 Å². The van der Waals surface area contributed by atoms with Gasteiger partial charge in [-0.3, -0.25) is 4.79 Å². The normalized spacial score (nSPS) is 13.4. The zero-order valence-corrected chi connectivity index (χ0v) is 10.1. The van der Waals surface area contributed by atoms with Crippen molar-refractivity contribution in [1.82, 2.24) is 0 Å². The van der Waals surface area contributed by atoms with Crippen molar-refractivity contribution >= 4 is 17.4 Å². The fourth-order valence-corrected chi connectivity index (χ4v) is 1.73. The van der Waals surface area contributed by atoms with Crippen LogP contribution in [0, 0.1) is 0 Å². The van der Waals surface area contributed by atoms with Crippen molar-refractivity contribution in [1.29, 1.82) is 0 Å². The van der Waals surface area contributed by atoms with E-state index in [2.05, 4.69) is 0 Å². The summed E-state index contributed by atoms with van der Waals surface area (Å²) in [7, 11) is 0. The summed E-state index contributed by atoms with van der Waals surface area (Å²) in [4.78, 5) is 11.0. The second kappa shape index (κ2) is 5.08. The quantitative estimate of drug-likeness (QED) is 0.510. The van der Waals surface area contributed by atoms with Crippen molar-refractivity contribution in [3.05, 3.63) is 33.8 Å². The summed E-state index contributed by atoms with van der Waals surface area (Å²) in [6, 6.07) is 0.0108. The molecule has 118 valence electrons. The van der Waals surface area contributed by atoms with Crippen molar-refractivity contribution in [3.8, 4) is 0 Å². The van der Waals surface area contributed by atoms with Crippen molar-refractivity contribution in [2.45, 2.75) is 18.5 Å². The predicted octanol–water partition coefficient (Wildman–Crippen LogP) is 5.12. The number of hydrogen-bond acceptors (Lipinski definition) is 1. The highest BCUT2D eigenvalue weighted by molar-refractivity contribution is 6.32. The van der Waals surface area contributed by atoms with Crippen molar-refractivity contribution in [2.24, 2.45) is 0 Å². The maximum absolute atomic E-state index is 12.7. The van der Waals surface area contributed by atoms with E-state index in [1.807, 2.05) is 0 Å². The Hall–Kier alpha value is -1.45. The minimum absolute atomic E-state index is 0.115. The Kier molecular flexibility index (Phi) is 4.25. The van der Waals surface area contributed by atoms with Gasteiger partial charge in [-0.15, -0.1) is 0 Å². The van der Waals surface area contributed by atoms with E-state index in [1.54, 1.807) is 0 Å². The molecule has 0 radical (unpaired) electrons. The lowest BCUT2D eigenvalue weighted by Gasteiger charge is -2.19. The Morgan fingerprint density at radius 2 is 1.33 bits per heavy atom. The van der Waals surface area contributed by atoms with Gasteiger partial charge in [-0.1, -0.05) is 11.6 Å². The molecule has 0 aromatic heterocycles. The van der Waals surface area contributed by atoms with Gasteiger partial charge in [-0.2, -0.15) is 39.5 Å². The molecule has 11 heteroatoms. The molecule has 0 saturated carbocycles. The average Bonchev–Trinajstić information content (AvgIpc) is 2.22. The first kappa shape index (κ1) is 17.6. The van der Waals surface area contributed by atoms with Gasteiger partial charge in [-0.25, -0.2) is 0 Å². The number of carbonyl (C=O) groups is 1. The fraction of sp³-hybridized carbons (Fsp3) is 0.300. The Morgan fingerprint density at radius 3 is 1.67 bits per heavy atom. The van der Waals surface area contributed by atoms with Gasteiger partial charge in [0.1, 0.15) is 0 Å². The molecule has 0 spiro atoms. The maximum Gasteiger partial charge on any atom is 0.454 e. The summed E-state index contributed by atoms with van der Waals surface area (Å²) >= 11 is 5.02. The number of alkyl halides is 9. The van der Waals surface area contributed by atoms with Crippen LogP contribution in [0.25, 0.3) is 0 Å². The summed E-state index contributed by atoms with van der Waals surface area (Å²) in [6.07, 6.45) is -17.2. The van der Waals surface area contributed by atoms with Gasteiger partial charge in [0.2, 0.25) is 0 Å². The van der Waals surface area contributed by atoms with Crippen LogP contribution in [0.4, 0.5) is 39.5 Å².